The zero-order valence-electron chi connectivity index (χ0n) is 23.2. The third-order valence-electron chi connectivity index (χ3n) is 7.26. The lowest BCUT2D eigenvalue weighted by atomic mass is 10.0. The fourth-order valence-electron chi connectivity index (χ4n) is 4.85. The maximum Gasteiger partial charge on any atom is 0.312 e. The largest absolute Gasteiger partial charge is 0.323 e. The highest BCUT2D eigenvalue weighted by molar-refractivity contribution is 6.35. The number of hydrogen-bond acceptors (Lipinski definition) is 6. The Labute approximate surface area is 243 Å². The second-order valence-electron chi connectivity index (χ2n) is 9.81. The molecule has 2 amide bonds. The molecule has 42 heavy (non-hydrogen) atoms. The molecule has 0 bridgehead atoms. The van der Waals surface area contributed by atoms with E-state index in [1.807, 2.05) is 36.4 Å². The van der Waals surface area contributed by atoms with Crippen LogP contribution in [0.5, 0.6) is 0 Å². The van der Waals surface area contributed by atoms with Crippen LogP contribution in [-0.4, -0.2) is 31.5 Å². The summed E-state index contributed by atoms with van der Waals surface area (Å²) in [5.41, 5.74) is 1.67. The van der Waals surface area contributed by atoms with Gasteiger partial charge in [-0.1, -0.05) is 97.1 Å². The van der Waals surface area contributed by atoms with Gasteiger partial charge in [0.1, 0.15) is 0 Å². The molecular formula is C32H30N4O6. The van der Waals surface area contributed by atoms with Crippen molar-refractivity contribution in [3.8, 4) is 0 Å². The highest BCUT2D eigenvalue weighted by atomic mass is 16.6. The van der Waals surface area contributed by atoms with Crippen molar-refractivity contribution in [1.29, 1.82) is 0 Å². The summed E-state index contributed by atoms with van der Waals surface area (Å²) in [5.74, 6) is -1.77. The second kappa shape index (κ2) is 13.3. The minimum Gasteiger partial charge on any atom is -0.323 e. The molecule has 0 aromatic heterocycles. The SMILES string of the molecule is C[C@@H](c1ccccc1)N(Cc1ccccc1[N+](=O)[O-])C(=O)C(=O)N(Cc1ccccc1[N+](=O)[O-])[C@@H](C)c1ccccc1. The number of hydrogen-bond donors (Lipinski definition) is 0. The quantitative estimate of drug-likeness (QED) is 0.124. The molecule has 2 atom stereocenters. The van der Waals surface area contributed by atoms with Crippen molar-refractivity contribution in [3.63, 3.8) is 0 Å². The summed E-state index contributed by atoms with van der Waals surface area (Å²) in [5, 5.41) is 23.5. The summed E-state index contributed by atoms with van der Waals surface area (Å²) in [6.07, 6.45) is 0. The molecule has 0 fully saturated rings. The van der Waals surface area contributed by atoms with Gasteiger partial charge in [-0.05, 0) is 25.0 Å². The minimum atomic E-state index is -0.883. The van der Waals surface area contributed by atoms with Gasteiger partial charge in [-0.25, -0.2) is 0 Å². The number of carbonyl (C=O) groups excluding carboxylic acids is 2. The molecule has 0 N–H and O–H groups in total. The number of nitro groups is 2. The van der Waals surface area contributed by atoms with Gasteiger partial charge in [-0.2, -0.15) is 0 Å². The average molecular weight is 567 g/mol. The maximum atomic E-state index is 14.2. The molecule has 0 aliphatic rings. The number of para-hydroxylation sites is 2. The number of rotatable bonds is 10. The normalized spacial score (nSPS) is 12.1. The van der Waals surface area contributed by atoms with Crippen LogP contribution >= 0.6 is 0 Å². The van der Waals surface area contributed by atoms with Crippen LogP contribution < -0.4 is 0 Å². The van der Waals surface area contributed by atoms with E-state index in [9.17, 15) is 29.8 Å². The van der Waals surface area contributed by atoms with Crippen LogP contribution in [0.1, 0.15) is 48.2 Å². The predicted molar refractivity (Wildman–Crippen MR) is 157 cm³/mol. The molecule has 0 aliphatic carbocycles. The molecule has 4 rings (SSSR count). The molecule has 0 unspecified atom stereocenters. The van der Waals surface area contributed by atoms with E-state index in [2.05, 4.69) is 0 Å². The first-order valence-corrected chi connectivity index (χ1v) is 13.3. The van der Waals surface area contributed by atoms with E-state index >= 15 is 0 Å². The Bertz CT molecular complexity index is 1460. The molecule has 0 saturated carbocycles. The summed E-state index contributed by atoms with van der Waals surface area (Å²) in [6.45, 7) is 3.11. The standard InChI is InChI=1S/C32H30N4O6/c1-23(25-13-5-3-6-14-25)33(21-27-17-9-11-19-29(27)35(39)40)31(37)32(38)34(24(2)26-15-7-4-8-16-26)22-28-18-10-12-20-30(28)36(41)42/h3-20,23-24H,21-22H2,1-2H3/t23-,24-/m0/s1. The van der Waals surface area contributed by atoms with Crippen molar-refractivity contribution >= 4 is 23.2 Å². The average Bonchev–Trinajstić information content (AvgIpc) is 3.02. The van der Waals surface area contributed by atoms with Gasteiger partial charge in [0.15, 0.2) is 0 Å². The zero-order valence-corrected chi connectivity index (χ0v) is 23.2. The fourth-order valence-corrected chi connectivity index (χ4v) is 4.85. The predicted octanol–water partition coefficient (Wildman–Crippen LogP) is 6.38. The van der Waals surface area contributed by atoms with Gasteiger partial charge in [0.05, 0.1) is 35.0 Å². The topological polar surface area (TPSA) is 127 Å². The Balaban J connectivity index is 1.77. The maximum absolute atomic E-state index is 14.2. The number of benzene rings is 4. The van der Waals surface area contributed by atoms with Gasteiger partial charge in [-0.3, -0.25) is 29.8 Å². The Morgan fingerprint density at radius 1 is 0.571 bits per heavy atom. The Kier molecular flexibility index (Phi) is 9.39. The first-order chi connectivity index (χ1) is 20.2. The van der Waals surface area contributed by atoms with E-state index in [0.29, 0.717) is 0 Å². The summed E-state index contributed by atoms with van der Waals surface area (Å²) in [4.78, 5) is 53.4. The van der Waals surface area contributed by atoms with E-state index < -0.39 is 33.7 Å². The van der Waals surface area contributed by atoms with E-state index in [4.69, 9.17) is 0 Å². The van der Waals surface area contributed by atoms with Crippen molar-refractivity contribution in [2.75, 3.05) is 0 Å². The second-order valence-corrected chi connectivity index (χ2v) is 9.81. The third kappa shape index (κ3) is 6.67. The van der Waals surface area contributed by atoms with Crippen LogP contribution in [0.25, 0.3) is 0 Å². The first kappa shape index (κ1) is 29.6. The minimum absolute atomic E-state index is 0.169. The van der Waals surface area contributed by atoms with E-state index in [-0.39, 0.29) is 35.6 Å². The van der Waals surface area contributed by atoms with Gasteiger partial charge in [-0.15, -0.1) is 0 Å². The Morgan fingerprint density at radius 3 is 1.21 bits per heavy atom. The van der Waals surface area contributed by atoms with Gasteiger partial charge in [0.25, 0.3) is 11.4 Å². The molecular weight excluding hydrogens is 536 g/mol. The lowest BCUT2D eigenvalue weighted by Crippen LogP contribution is -2.46. The van der Waals surface area contributed by atoms with Crippen molar-refractivity contribution in [1.82, 2.24) is 9.80 Å². The van der Waals surface area contributed by atoms with Crippen LogP contribution in [0, 0.1) is 20.2 Å². The summed E-state index contributed by atoms with van der Waals surface area (Å²) >= 11 is 0. The highest BCUT2D eigenvalue weighted by Crippen LogP contribution is 2.30. The smallest absolute Gasteiger partial charge is 0.312 e. The van der Waals surface area contributed by atoms with Gasteiger partial charge < -0.3 is 9.80 Å². The van der Waals surface area contributed by atoms with Crippen molar-refractivity contribution in [2.45, 2.75) is 39.0 Å². The van der Waals surface area contributed by atoms with Crippen molar-refractivity contribution in [3.05, 3.63) is 152 Å². The summed E-state index contributed by atoms with van der Waals surface area (Å²) in [6, 6.07) is 29.0. The zero-order chi connectivity index (χ0) is 30.2. The number of amides is 2. The Morgan fingerprint density at radius 2 is 0.881 bits per heavy atom. The van der Waals surface area contributed by atoms with Gasteiger partial charge in [0, 0.05) is 23.3 Å². The van der Waals surface area contributed by atoms with Crippen LogP contribution in [0.2, 0.25) is 0 Å². The molecule has 0 aliphatic heterocycles. The number of nitrogens with zero attached hydrogens (tertiary/aromatic N) is 4. The van der Waals surface area contributed by atoms with Crippen LogP contribution in [0.15, 0.2) is 109 Å². The number of carbonyl (C=O) groups is 2. The van der Waals surface area contributed by atoms with Crippen LogP contribution in [0.3, 0.4) is 0 Å². The van der Waals surface area contributed by atoms with Crippen molar-refractivity contribution in [2.24, 2.45) is 0 Å². The molecule has 214 valence electrons. The molecule has 4 aromatic carbocycles. The van der Waals surface area contributed by atoms with Gasteiger partial charge in [0.2, 0.25) is 0 Å². The third-order valence-corrected chi connectivity index (χ3v) is 7.26. The molecule has 10 heteroatoms. The molecule has 0 heterocycles. The van der Waals surface area contributed by atoms with Crippen molar-refractivity contribution < 1.29 is 19.4 Å². The molecule has 0 radical (unpaired) electrons. The Hall–Kier alpha value is -5.38. The van der Waals surface area contributed by atoms with Gasteiger partial charge >= 0.3 is 11.8 Å². The summed E-state index contributed by atoms with van der Waals surface area (Å²) < 4.78 is 0. The van der Waals surface area contributed by atoms with E-state index in [1.54, 1.807) is 62.4 Å². The molecule has 0 spiro atoms. The van der Waals surface area contributed by atoms with Crippen LogP contribution in [0.4, 0.5) is 11.4 Å². The lowest BCUT2D eigenvalue weighted by molar-refractivity contribution is -0.385. The molecule has 0 saturated heterocycles. The monoisotopic (exact) mass is 566 g/mol. The van der Waals surface area contributed by atoms with Crippen LogP contribution in [-0.2, 0) is 22.7 Å². The lowest BCUT2D eigenvalue weighted by Gasteiger charge is -2.34. The molecule has 10 nitrogen and oxygen atoms in total. The van der Waals surface area contributed by atoms with E-state index in [1.165, 1.54) is 34.1 Å². The molecule has 4 aromatic rings. The highest BCUT2D eigenvalue weighted by Gasteiger charge is 2.35. The summed E-state index contributed by atoms with van der Waals surface area (Å²) in [7, 11) is 0. The first-order valence-electron chi connectivity index (χ1n) is 13.3. The van der Waals surface area contributed by atoms with E-state index in [0.717, 1.165) is 11.1 Å². The number of nitro benzene ring substituents is 2. The fraction of sp³-hybridized carbons (Fsp3) is 0.188.